The first-order valence-corrected chi connectivity index (χ1v) is 7.18. The number of esters is 1. The van der Waals surface area contributed by atoms with Crippen molar-refractivity contribution >= 4 is 5.97 Å². The van der Waals surface area contributed by atoms with Gasteiger partial charge in [0.15, 0.2) is 0 Å². The number of benzene rings is 2. The van der Waals surface area contributed by atoms with Crippen molar-refractivity contribution < 1.29 is 14.3 Å². The zero-order chi connectivity index (χ0) is 15.1. The van der Waals surface area contributed by atoms with Gasteiger partial charge in [0.2, 0.25) is 0 Å². The van der Waals surface area contributed by atoms with E-state index in [9.17, 15) is 4.79 Å². The van der Waals surface area contributed by atoms with Crippen molar-refractivity contribution in [3.63, 3.8) is 0 Å². The summed E-state index contributed by atoms with van der Waals surface area (Å²) in [5.41, 5.74) is 1.75. The molecule has 2 rings (SSSR count). The van der Waals surface area contributed by atoms with Crippen molar-refractivity contribution in [1.29, 1.82) is 0 Å². The van der Waals surface area contributed by atoms with Crippen LogP contribution in [0, 0.1) is 0 Å². The van der Waals surface area contributed by atoms with Gasteiger partial charge in [0, 0.05) is 0 Å². The number of aryl methyl sites for hydroxylation is 1. The predicted octanol–water partition coefficient (Wildman–Crippen LogP) is 4.26. The normalized spacial score (nSPS) is 10.2. The number of methoxy groups -OCH3 is 1. The summed E-state index contributed by atoms with van der Waals surface area (Å²) in [4.78, 5) is 12.1. The van der Waals surface area contributed by atoms with E-state index in [2.05, 4.69) is 6.92 Å². The van der Waals surface area contributed by atoms with E-state index in [0.29, 0.717) is 11.3 Å². The number of carbonyl (C=O) groups excluding carboxylic acids is 1. The second-order valence-electron chi connectivity index (χ2n) is 4.87. The average molecular weight is 284 g/mol. The largest absolute Gasteiger partial charge is 0.497 e. The third kappa shape index (κ3) is 4.35. The molecule has 0 fully saturated rings. The molecule has 0 atom stereocenters. The molecule has 0 radical (unpaired) electrons. The summed E-state index contributed by atoms with van der Waals surface area (Å²) in [7, 11) is 1.60. The molecule has 0 N–H and O–H groups in total. The topological polar surface area (TPSA) is 35.5 Å². The monoisotopic (exact) mass is 284 g/mol. The second-order valence-corrected chi connectivity index (χ2v) is 4.87. The van der Waals surface area contributed by atoms with Gasteiger partial charge in [-0.05, 0) is 54.8 Å². The smallest absolute Gasteiger partial charge is 0.343 e. The van der Waals surface area contributed by atoms with Crippen molar-refractivity contribution in [2.45, 2.75) is 26.2 Å². The molecule has 0 saturated carbocycles. The predicted molar refractivity (Wildman–Crippen MR) is 83.0 cm³/mol. The summed E-state index contributed by atoms with van der Waals surface area (Å²) in [6.45, 7) is 2.15. The summed E-state index contributed by atoms with van der Waals surface area (Å²) in [6.07, 6.45) is 3.25. The molecule has 0 amide bonds. The lowest BCUT2D eigenvalue weighted by Crippen LogP contribution is -2.08. The molecule has 0 unspecified atom stereocenters. The Morgan fingerprint density at radius 3 is 2.43 bits per heavy atom. The van der Waals surface area contributed by atoms with E-state index in [1.54, 1.807) is 37.4 Å². The molecule has 0 bridgehead atoms. The number of carbonyl (C=O) groups is 1. The van der Waals surface area contributed by atoms with Crippen LogP contribution in [-0.4, -0.2) is 13.1 Å². The number of unbranched alkanes of at least 4 members (excludes halogenated alkanes) is 1. The zero-order valence-electron chi connectivity index (χ0n) is 12.5. The maximum Gasteiger partial charge on any atom is 0.343 e. The SMILES string of the molecule is CCCCc1cccc(C(=O)Oc2ccc(OC)cc2)c1. The van der Waals surface area contributed by atoms with Crippen LogP contribution in [0.1, 0.15) is 35.7 Å². The number of hydrogen-bond donors (Lipinski definition) is 0. The van der Waals surface area contributed by atoms with E-state index in [0.717, 1.165) is 25.0 Å². The number of hydrogen-bond acceptors (Lipinski definition) is 3. The molecule has 0 heterocycles. The summed E-state index contributed by atoms with van der Waals surface area (Å²) in [5, 5.41) is 0. The van der Waals surface area contributed by atoms with E-state index < -0.39 is 0 Å². The lowest BCUT2D eigenvalue weighted by molar-refractivity contribution is 0.0734. The molecular formula is C18H20O3. The third-order valence-corrected chi connectivity index (χ3v) is 3.25. The maximum absolute atomic E-state index is 12.1. The first-order valence-electron chi connectivity index (χ1n) is 7.18. The van der Waals surface area contributed by atoms with E-state index in [-0.39, 0.29) is 5.97 Å². The molecular weight excluding hydrogens is 264 g/mol. The van der Waals surface area contributed by atoms with Crippen LogP contribution >= 0.6 is 0 Å². The van der Waals surface area contributed by atoms with Crippen LogP contribution < -0.4 is 9.47 Å². The zero-order valence-corrected chi connectivity index (χ0v) is 12.5. The van der Waals surface area contributed by atoms with E-state index in [1.165, 1.54) is 5.56 Å². The summed E-state index contributed by atoms with van der Waals surface area (Å²) in [6, 6.07) is 14.6. The van der Waals surface area contributed by atoms with Gasteiger partial charge in [-0.2, -0.15) is 0 Å². The number of rotatable bonds is 6. The lowest BCUT2D eigenvalue weighted by atomic mass is 10.1. The minimum absolute atomic E-state index is 0.335. The van der Waals surface area contributed by atoms with Crippen LogP contribution in [0.5, 0.6) is 11.5 Å². The Morgan fingerprint density at radius 2 is 1.76 bits per heavy atom. The molecule has 0 aromatic heterocycles. The van der Waals surface area contributed by atoms with Crippen molar-refractivity contribution in [2.24, 2.45) is 0 Å². The van der Waals surface area contributed by atoms with Crippen LogP contribution in [0.3, 0.4) is 0 Å². The highest BCUT2D eigenvalue weighted by atomic mass is 16.5. The Morgan fingerprint density at radius 1 is 1.05 bits per heavy atom. The molecule has 2 aromatic carbocycles. The summed E-state index contributed by atoms with van der Waals surface area (Å²) in [5.74, 6) is 0.912. The average Bonchev–Trinajstić information content (AvgIpc) is 2.54. The molecule has 0 aliphatic rings. The second kappa shape index (κ2) is 7.48. The van der Waals surface area contributed by atoms with Crippen LogP contribution in [-0.2, 0) is 6.42 Å². The summed E-state index contributed by atoms with van der Waals surface area (Å²) < 4.78 is 10.4. The molecule has 0 saturated heterocycles. The molecule has 3 nitrogen and oxygen atoms in total. The Labute approximate surface area is 125 Å². The van der Waals surface area contributed by atoms with E-state index in [1.807, 2.05) is 18.2 Å². The van der Waals surface area contributed by atoms with Crippen LogP contribution in [0.2, 0.25) is 0 Å². The van der Waals surface area contributed by atoms with Gasteiger partial charge in [0.1, 0.15) is 11.5 Å². The van der Waals surface area contributed by atoms with Gasteiger partial charge in [-0.3, -0.25) is 0 Å². The van der Waals surface area contributed by atoms with Crippen LogP contribution in [0.25, 0.3) is 0 Å². The van der Waals surface area contributed by atoms with Crippen molar-refractivity contribution in [3.8, 4) is 11.5 Å². The van der Waals surface area contributed by atoms with E-state index >= 15 is 0 Å². The highest BCUT2D eigenvalue weighted by Gasteiger charge is 2.09. The van der Waals surface area contributed by atoms with Crippen molar-refractivity contribution in [1.82, 2.24) is 0 Å². The minimum Gasteiger partial charge on any atom is -0.497 e. The van der Waals surface area contributed by atoms with Gasteiger partial charge in [0.25, 0.3) is 0 Å². The Balaban J connectivity index is 2.05. The van der Waals surface area contributed by atoms with Gasteiger partial charge in [0.05, 0.1) is 12.7 Å². The highest BCUT2D eigenvalue weighted by Crippen LogP contribution is 2.18. The molecule has 0 aliphatic carbocycles. The molecule has 21 heavy (non-hydrogen) atoms. The minimum atomic E-state index is -0.335. The molecule has 3 heteroatoms. The molecule has 2 aromatic rings. The first-order chi connectivity index (χ1) is 10.2. The maximum atomic E-state index is 12.1. The fourth-order valence-electron chi connectivity index (χ4n) is 2.04. The Hall–Kier alpha value is -2.29. The van der Waals surface area contributed by atoms with Gasteiger partial charge in [-0.15, -0.1) is 0 Å². The van der Waals surface area contributed by atoms with Gasteiger partial charge in [-0.25, -0.2) is 4.79 Å². The Bertz CT molecular complexity index is 588. The van der Waals surface area contributed by atoms with Gasteiger partial charge in [-0.1, -0.05) is 25.5 Å². The molecule has 0 spiro atoms. The highest BCUT2D eigenvalue weighted by molar-refractivity contribution is 5.91. The standard InChI is InChI=1S/C18H20O3/c1-3-4-6-14-7-5-8-15(13-14)18(19)21-17-11-9-16(20-2)10-12-17/h5,7-13H,3-4,6H2,1-2H3. The summed E-state index contributed by atoms with van der Waals surface area (Å²) >= 11 is 0. The van der Waals surface area contributed by atoms with Gasteiger partial charge < -0.3 is 9.47 Å². The van der Waals surface area contributed by atoms with Crippen LogP contribution in [0.4, 0.5) is 0 Å². The van der Waals surface area contributed by atoms with E-state index in [4.69, 9.17) is 9.47 Å². The number of ether oxygens (including phenoxy) is 2. The van der Waals surface area contributed by atoms with Gasteiger partial charge >= 0.3 is 5.97 Å². The Kier molecular flexibility index (Phi) is 5.38. The van der Waals surface area contributed by atoms with Crippen molar-refractivity contribution in [2.75, 3.05) is 7.11 Å². The fourth-order valence-corrected chi connectivity index (χ4v) is 2.04. The quantitative estimate of drug-likeness (QED) is 0.587. The molecule has 0 aliphatic heterocycles. The third-order valence-electron chi connectivity index (χ3n) is 3.25. The fraction of sp³-hybridized carbons (Fsp3) is 0.278. The molecule has 110 valence electrons. The lowest BCUT2D eigenvalue weighted by Gasteiger charge is -2.07. The first kappa shape index (κ1) is 15.1. The van der Waals surface area contributed by atoms with Crippen molar-refractivity contribution in [3.05, 3.63) is 59.7 Å². The van der Waals surface area contributed by atoms with Crippen LogP contribution in [0.15, 0.2) is 48.5 Å².